The summed E-state index contributed by atoms with van der Waals surface area (Å²) >= 11 is 0. The molecule has 0 aliphatic heterocycles. The highest BCUT2D eigenvalue weighted by atomic mass is 16.6. The number of hydrogen-bond donors (Lipinski definition) is 2. The van der Waals surface area contributed by atoms with Gasteiger partial charge in [-0.2, -0.15) is 0 Å². The fourth-order valence-electron chi connectivity index (χ4n) is 1.50. The lowest BCUT2D eigenvalue weighted by Crippen LogP contribution is -2.12. The van der Waals surface area contributed by atoms with Crippen LogP contribution in [0.15, 0.2) is 0 Å². The van der Waals surface area contributed by atoms with E-state index in [4.69, 9.17) is 15.0 Å². The van der Waals surface area contributed by atoms with Crippen LogP contribution in [0.3, 0.4) is 0 Å². The summed E-state index contributed by atoms with van der Waals surface area (Å²) in [7, 11) is 0. The minimum atomic E-state index is -1.83. The molecule has 3 heteroatoms. The van der Waals surface area contributed by atoms with Gasteiger partial charge in [-0.1, -0.05) is 39.5 Å². The second-order valence-corrected chi connectivity index (χ2v) is 3.52. The Morgan fingerprint density at radius 2 is 1.33 bits per heavy atom. The zero-order valence-corrected chi connectivity index (χ0v) is 7.79. The van der Waals surface area contributed by atoms with Crippen molar-refractivity contribution >= 4 is 6.16 Å². The first kappa shape index (κ1) is 11.3. The zero-order valence-electron chi connectivity index (χ0n) is 7.79. The predicted octanol–water partition coefficient (Wildman–Crippen LogP) is 3.06. The average molecular weight is 174 g/mol. The maximum Gasteiger partial charge on any atom is 0.503 e. The van der Waals surface area contributed by atoms with Crippen LogP contribution in [-0.4, -0.2) is 16.4 Å². The number of carboxylic acid groups (broad SMARTS) is 2. The summed E-state index contributed by atoms with van der Waals surface area (Å²) in [5.41, 5.74) is 0. The van der Waals surface area contributed by atoms with E-state index >= 15 is 0 Å². The second kappa shape index (κ2) is 5.86. The Hall–Kier alpha value is -0.730. The van der Waals surface area contributed by atoms with Gasteiger partial charge >= 0.3 is 6.16 Å². The van der Waals surface area contributed by atoms with Gasteiger partial charge in [-0.15, -0.1) is 0 Å². The number of carbonyl (C=O) groups is 1. The summed E-state index contributed by atoms with van der Waals surface area (Å²) in [5.74, 6) is 2.01. The van der Waals surface area contributed by atoms with Crippen molar-refractivity contribution in [1.29, 1.82) is 0 Å². The molecule has 1 aliphatic rings. The van der Waals surface area contributed by atoms with Crippen molar-refractivity contribution in [3.8, 4) is 0 Å². The number of rotatable bonds is 0. The topological polar surface area (TPSA) is 57.5 Å². The van der Waals surface area contributed by atoms with E-state index in [9.17, 15) is 0 Å². The Balaban J connectivity index is 0.000000261. The fourth-order valence-corrected chi connectivity index (χ4v) is 1.50. The average Bonchev–Trinajstić information content (AvgIpc) is 1.94. The molecule has 0 heterocycles. The van der Waals surface area contributed by atoms with Crippen LogP contribution in [0.5, 0.6) is 0 Å². The van der Waals surface area contributed by atoms with E-state index in [0.717, 1.165) is 11.8 Å². The van der Waals surface area contributed by atoms with Crippen LogP contribution in [0, 0.1) is 11.8 Å². The lowest BCUT2D eigenvalue weighted by Gasteiger charge is -2.24. The Kier molecular flexibility index (Phi) is 5.51. The highest BCUT2D eigenvalue weighted by Gasteiger charge is 2.15. The molecule has 0 bridgehead atoms. The van der Waals surface area contributed by atoms with E-state index in [0.29, 0.717) is 0 Å². The molecule has 1 saturated carbocycles. The summed E-state index contributed by atoms with van der Waals surface area (Å²) in [5, 5.41) is 13.9. The van der Waals surface area contributed by atoms with Gasteiger partial charge in [0.1, 0.15) is 0 Å². The minimum absolute atomic E-state index is 1.00. The first-order valence-corrected chi connectivity index (χ1v) is 4.46. The summed E-state index contributed by atoms with van der Waals surface area (Å²) in [6.07, 6.45) is 4.07. The van der Waals surface area contributed by atoms with E-state index in [2.05, 4.69) is 13.8 Å². The van der Waals surface area contributed by atoms with Gasteiger partial charge < -0.3 is 10.2 Å². The third-order valence-electron chi connectivity index (χ3n) is 2.54. The summed E-state index contributed by atoms with van der Waals surface area (Å²) < 4.78 is 0. The van der Waals surface area contributed by atoms with Crippen molar-refractivity contribution in [1.82, 2.24) is 0 Å². The Morgan fingerprint density at radius 3 is 1.50 bits per heavy atom. The van der Waals surface area contributed by atoms with Crippen molar-refractivity contribution in [2.75, 3.05) is 0 Å². The van der Waals surface area contributed by atoms with Crippen LogP contribution in [0.2, 0.25) is 0 Å². The Labute approximate surface area is 73.4 Å². The smallest absolute Gasteiger partial charge is 0.450 e. The van der Waals surface area contributed by atoms with E-state index < -0.39 is 6.16 Å². The molecular formula is C9H18O3. The van der Waals surface area contributed by atoms with Crippen LogP contribution in [0.25, 0.3) is 0 Å². The first-order valence-electron chi connectivity index (χ1n) is 4.46. The van der Waals surface area contributed by atoms with Crippen molar-refractivity contribution < 1.29 is 15.0 Å². The van der Waals surface area contributed by atoms with Crippen molar-refractivity contribution in [3.63, 3.8) is 0 Å². The van der Waals surface area contributed by atoms with Gasteiger partial charge in [-0.3, -0.25) is 0 Å². The van der Waals surface area contributed by atoms with Crippen LogP contribution < -0.4 is 0 Å². The maximum absolute atomic E-state index is 8.56. The molecule has 2 atom stereocenters. The van der Waals surface area contributed by atoms with Crippen LogP contribution >= 0.6 is 0 Å². The highest BCUT2D eigenvalue weighted by Crippen LogP contribution is 2.28. The molecule has 0 spiro atoms. The van der Waals surface area contributed by atoms with E-state index in [1.54, 1.807) is 0 Å². The third kappa shape index (κ3) is 6.01. The molecule has 0 saturated heterocycles. The Morgan fingerprint density at radius 1 is 1.08 bits per heavy atom. The van der Waals surface area contributed by atoms with Gasteiger partial charge in [0.15, 0.2) is 0 Å². The molecule has 0 aromatic heterocycles. The predicted molar refractivity (Wildman–Crippen MR) is 47.4 cm³/mol. The molecule has 2 N–H and O–H groups in total. The molecule has 12 heavy (non-hydrogen) atoms. The SMILES string of the molecule is CC1CCCCC1C.O=C(O)O. The fraction of sp³-hybridized carbons (Fsp3) is 0.889. The molecular weight excluding hydrogens is 156 g/mol. The lowest BCUT2D eigenvalue weighted by molar-refractivity contribution is 0.137. The van der Waals surface area contributed by atoms with Gasteiger partial charge in [0.25, 0.3) is 0 Å². The van der Waals surface area contributed by atoms with Crippen LogP contribution in [0.4, 0.5) is 4.79 Å². The monoisotopic (exact) mass is 174 g/mol. The van der Waals surface area contributed by atoms with Crippen molar-refractivity contribution in [3.05, 3.63) is 0 Å². The molecule has 2 unspecified atom stereocenters. The summed E-state index contributed by atoms with van der Waals surface area (Å²) in [6.45, 7) is 4.76. The van der Waals surface area contributed by atoms with Crippen molar-refractivity contribution in [2.24, 2.45) is 11.8 Å². The molecule has 1 rings (SSSR count). The Bertz CT molecular complexity index is 120. The molecule has 0 radical (unpaired) electrons. The minimum Gasteiger partial charge on any atom is -0.450 e. The molecule has 1 fully saturated rings. The van der Waals surface area contributed by atoms with E-state index in [-0.39, 0.29) is 0 Å². The third-order valence-corrected chi connectivity index (χ3v) is 2.54. The van der Waals surface area contributed by atoms with Gasteiger partial charge in [0.2, 0.25) is 0 Å². The summed E-state index contributed by atoms with van der Waals surface area (Å²) in [4.78, 5) is 8.56. The normalized spacial score (nSPS) is 28.5. The highest BCUT2D eigenvalue weighted by molar-refractivity contribution is 5.53. The van der Waals surface area contributed by atoms with Crippen molar-refractivity contribution in [2.45, 2.75) is 39.5 Å². The molecule has 72 valence electrons. The largest absolute Gasteiger partial charge is 0.503 e. The zero-order chi connectivity index (χ0) is 9.56. The van der Waals surface area contributed by atoms with E-state index in [1.165, 1.54) is 25.7 Å². The molecule has 1 aliphatic carbocycles. The van der Waals surface area contributed by atoms with Gasteiger partial charge in [0.05, 0.1) is 0 Å². The molecule has 0 aromatic carbocycles. The lowest BCUT2D eigenvalue weighted by atomic mass is 9.82. The molecule has 0 aromatic rings. The number of hydrogen-bond acceptors (Lipinski definition) is 1. The quantitative estimate of drug-likeness (QED) is 0.593. The maximum atomic E-state index is 8.56. The first-order chi connectivity index (χ1) is 5.54. The van der Waals surface area contributed by atoms with Crippen LogP contribution in [-0.2, 0) is 0 Å². The van der Waals surface area contributed by atoms with E-state index in [1.807, 2.05) is 0 Å². The standard InChI is InChI=1S/C8H16.CH2O3/c1-7-5-3-4-6-8(7)2;2-1(3)4/h7-8H,3-6H2,1-2H3;(H2,2,3,4). The summed E-state index contributed by atoms with van der Waals surface area (Å²) in [6, 6.07) is 0. The second-order valence-electron chi connectivity index (χ2n) is 3.52. The molecule has 3 nitrogen and oxygen atoms in total. The van der Waals surface area contributed by atoms with Gasteiger partial charge in [-0.25, -0.2) is 4.79 Å². The van der Waals surface area contributed by atoms with Gasteiger partial charge in [0, 0.05) is 0 Å². The molecule has 0 amide bonds. The van der Waals surface area contributed by atoms with Crippen LogP contribution in [0.1, 0.15) is 39.5 Å². The van der Waals surface area contributed by atoms with Gasteiger partial charge in [-0.05, 0) is 11.8 Å².